The van der Waals surface area contributed by atoms with Crippen molar-refractivity contribution >= 4 is 29.2 Å². The van der Waals surface area contributed by atoms with Gasteiger partial charge in [0.25, 0.3) is 0 Å². The van der Waals surface area contributed by atoms with E-state index >= 15 is 0 Å². The first-order valence-electron chi connectivity index (χ1n) is 12.6. The minimum atomic E-state index is -1.05. The van der Waals surface area contributed by atoms with E-state index in [1.165, 1.54) is 0 Å². The van der Waals surface area contributed by atoms with Gasteiger partial charge >= 0.3 is 5.97 Å². The van der Waals surface area contributed by atoms with Crippen LogP contribution < -0.4 is 9.47 Å². The molecule has 3 aromatic carbocycles. The third-order valence-corrected chi connectivity index (χ3v) is 7.65. The SMILES string of the molecule is C=C(C)[C@@H]1CC[C@@H](Cc2ccc(Cl)cc2)O[C@H]1c1cc(Oc2cc(C)c(Cl)c(C)c2)ccc1OCC(=O)O. The predicted octanol–water partition coefficient (Wildman–Crippen LogP) is 8.52. The van der Waals surface area contributed by atoms with E-state index < -0.39 is 12.6 Å². The molecule has 1 heterocycles. The maximum atomic E-state index is 11.3. The summed E-state index contributed by atoms with van der Waals surface area (Å²) in [5.41, 5.74) is 4.72. The van der Waals surface area contributed by atoms with Crippen molar-refractivity contribution in [2.75, 3.05) is 6.61 Å². The minimum Gasteiger partial charge on any atom is -0.482 e. The first-order valence-corrected chi connectivity index (χ1v) is 13.3. The van der Waals surface area contributed by atoms with Crippen molar-refractivity contribution in [1.82, 2.24) is 0 Å². The number of aliphatic carboxylic acids is 1. The number of aryl methyl sites for hydroxylation is 2. The molecule has 200 valence electrons. The monoisotopic (exact) mass is 554 g/mol. The summed E-state index contributed by atoms with van der Waals surface area (Å²) in [6.07, 6.45) is 2.09. The summed E-state index contributed by atoms with van der Waals surface area (Å²) in [5.74, 6) is 0.694. The van der Waals surface area contributed by atoms with Gasteiger partial charge in [0.2, 0.25) is 0 Å². The second kappa shape index (κ2) is 12.2. The quantitative estimate of drug-likeness (QED) is 0.268. The highest BCUT2D eigenvalue weighted by atomic mass is 35.5. The number of rotatable bonds is 9. The van der Waals surface area contributed by atoms with E-state index in [1.807, 2.05) is 63.2 Å². The zero-order chi connectivity index (χ0) is 27.4. The normalized spacial score (nSPS) is 19.1. The van der Waals surface area contributed by atoms with Crippen LogP contribution in [0.2, 0.25) is 10.0 Å². The Morgan fingerprint density at radius 3 is 2.34 bits per heavy atom. The van der Waals surface area contributed by atoms with Crippen LogP contribution in [0.5, 0.6) is 17.2 Å². The fraction of sp³-hybridized carbons (Fsp3) is 0.323. The molecule has 1 fully saturated rings. The zero-order valence-corrected chi connectivity index (χ0v) is 23.3. The molecular formula is C31H32Cl2O5. The van der Waals surface area contributed by atoms with Crippen LogP contribution in [-0.2, 0) is 16.0 Å². The number of benzene rings is 3. The van der Waals surface area contributed by atoms with Crippen LogP contribution in [0.1, 0.15) is 48.1 Å². The number of halogens is 2. The lowest BCUT2D eigenvalue weighted by Crippen LogP contribution is -2.31. The van der Waals surface area contributed by atoms with Crippen molar-refractivity contribution in [1.29, 1.82) is 0 Å². The molecule has 0 unspecified atom stereocenters. The van der Waals surface area contributed by atoms with Gasteiger partial charge in [0.15, 0.2) is 6.61 Å². The van der Waals surface area contributed by atoms with E-state index in [0.717, 1.165) is 47.1 Å². The highest BCUT2D eigenvalue weighted by Gasteiger charge is 2.35. The maximum absolute atomic E-state index is 11.3. The second-order valence-corrected chi connectivity index (χ2v) is 10.7. The first-order chi connectivity index (χ1) is 18.1. The van der Waals surface area contributed by atoms with Gasteiger partial charge in [0.1, 0.15) is 17.2 Å². The van der Waals surface area contributed by atoms with Crippen molar-refractivity contribution < 1.29 is 24.1 Å². The maximum Gasteiger partial charge on any atom is 0.341 e. The number of ether oxygens (including phenoxy) is 3. The molecule has 0 amide bonds. The van der Waals surface area contributed by atoms with Gasteiger partial charge in [-0.25, -0.2) is 4.79 Å². The summed E-state index contributed by atoms with van der Waals surface area (Å²) in [6.45, 7) is 9.63. The molecule has 0 bridgehead atoms. The molecule has 3 atom stereocenters. The summed E-state index contributed by atoms with van der Waals surface area (Å²) in [4.78, 5) is 11.3. The molecule has 0 spiro atoms. The van der Waals surface area contributed by atoms with E-state index in [1.54, 1.807) is 12.1 Å². The molecule has 1 saturated heterocycles. The molecule has 1 aliphatic rings. The Balaban J connectivity index is 1.67. The Morgan fingerprint density at radius 2 is 1.71 bits per heavy atom. The van der Waals surface area contributed by atoms with Gasteiger partial charge in [-0.2, -0.15) is 0 Å². The lowest BCUT2D eigenvalue weighted by Gasteiger charge is -2.38. The Labute approximate surface area is 233 Å². The highest BCUT2D eigenvalue weighted by Crippen LogP contribution is 2.45. The third-order valence-electron chi connectivity index (χ3n) is 6.80. The molecule has 1 aliphatic heterocycles. The molecule has 0 radical (unpaired) electrons. The van der Waals surface area contributed by atoms with Gasteiger partial charge in [-0.15, -0.1) is 0 Å². The minimum absolute atomic E-state index is 0.0322. The highest BCUT2D eigenvalue weighted by molar-refractivity contribution is 6.32. The molecule has 4 rings (SSSR count). The molecular weight excluding hydrogens is 523 g/mol. The van der Waals surface area contributed by atoms with E-state index in [4.69, 9.17) is 37.4 Å². The summed E-state index contributed by atoms with van der Waals surface area (Å²) in [6, 6.07) is 16.9. The van der Waals surface area contributed by atoms with E-state index in [-0.39, 0.29) is 18.1 Å². The van der Waals surface area contributed by atoms with Crippen LogP contribution in [0, 0.1) is 19.8 Å². The number of carboxylic acid groups (broad SMARTS) is 1. The number of carboxylic acids is 1. The first kappa shape index (κ1) is 28.0. The molecule has 1 N–H and O–H groups in total. The molecule has 3 aromatic rings. The van der Waals surface area contributed by atoms with E-state index in [2.05, 4.69) is 6.58 Å². The Kier molecular flexibility index (Phi) is 9.03. The van der Waals surface area contributed by atoms with Crippen LogP contribution >= 0.6 is 23.2 Å². The molecule has 5 nitrogen and oxygen atoms in total. The van der Waals surface area contributed by atoms with Crippen molar-refractivity contribution in [2.24, 2.45) is 5.92 Å². The fourth-order valence-electron chi connectivity index (χ4n) is 4.90. The zero-order valence-electron chi connectivity index (χ0n) is 21.8. The van der Waals surface area contributed by atoms with Crippen LogP contribution in [0.3, 0.4) is 0 Å². The van der Waals surface area contributed by atoms with Gasteiger partial charge in [-0.3, -0.25) is 0 Å². The molecule has 38 heavy (non-hydrogen) atoms. The van der Waals surface area contributed by atoms with Gasteiger partial charge < -0.3 is 19.3 Å². The smallest absolute Gasteiger partial charge is 0.341 e. The standard InChI is InChI=1S/C31H32Cl2O5/c1-18(2)26-11-9-23(15-21-5-7-22(32)8-6-21)38-31(26)27-16-24(10-12-28(27)36-17-29(34)35)37-25-13-19(3)30(33)20(4)14-25/h5-8,10,12-14,16,23,26,31H,1,9,11,15,17H2,2-4H3,(H,34,35)/t23-,26-,31+/m0/s1. The average Bonchev–Trinajstić information content (AvgIpc) is 2.87. The lowest BCUT2D eigenvalue weighted by molar-refractivity contribution is -0.139. The van der Waals surface area contributed by atoms with Crippen molar-refractivity contribution in [3.63, 3.8) is 0 Å². The van der Waals surface area contributed by atoms with Crippen molar-refractivity contribution in [2.45, 2.75) is 52.2 Å². The van der Waals surface area contributed by atoms with Crippen LogP contribution in [0.25, 0.3) is 0 Å². The number of carbonyl (C=O) groups is 1. The Bertz CT molecular complexity index is 1300. The average molecular weight is 555 g/mol. The predicted molar refractivity (Wildman–Crippen MR) is 151 cm³/mol. The number of hydrogen-bond donors (Lipinski definition) is 1. The summed E-state index contributed by atoms with van der Waals surface area (Å²) in [5, 5.41) is 10.7. The van der Waals surface area contributed by atoms with Crippen molar-refractivity contribution in [3.05, 3.63) is 99.0 Å². The Hall–Kier alpha value is -2.99. The Morgan fingerprint density at radius 1 is 1.03 bits per heavy atom. The van der Waals surface area contributed by atoms with Gasteiger partial charge in [0.05, 0.1) is 12.2 Å². The summed E-state index contributed by atoms with van der Waals surface area (Å²) in [7, 11) is 0. The van der Waals surface area contributed by atoms with Crippen LogP contribution in [0.4, 0.5) is 0 Å². The van der Waals surface area contributed by atoms with E-state index in [9.17, 15) is 9.90 Å². The lowest BCUT2D eigenvalue weighted by atomic mass is 9.82. The van der Waals surface area contributed by atoms with Gasteiger partial charge in [0, 0.05) is 21.5 Å². The molecule has 0 aliphatic carbocycles. The fourth-order valence-corrected chi connectivity index (χ4v) is 5.14. The topological polar surface area (TPSA) is 65.0 Å². The van der Waals surface area contributed by atoms with Crippen LogP contribution in [-0.4, -0.2) is 23.8 Å². The largest absolute Gasteiger partial charge is 0.482 e. The van der Waals surface area contributed by atoms with Crippen molar-refractivity contribution in [3.8, 4) is 17.2 Å². The van der Waals surface area contributed by atoms with E-state index in [0.29, 0.717) is 27.3 Å². The molecule has 0 saturated carbocycles. The molecule has 7 heteroatoms. The molecule has 0 aromatic heterocycles. The second-order valence-electron chi connectivity index (χ2n) is 9.89. The summed E-state index contributed by atoms with van der Waals surface area (Å²) >= 11 is 12.4. The van der Waals surface area contributed by atoms with Crippen LogP contribution in [0.15, 0.2) is 66.7 Å². The van der Waals surface area contributed by atoms with Gasteiger partial charge in [-0.1, -0.05) is 47.5 Å². The third kappa shape index (κ3) is 6.90. The van der Waals surface area contributed by atoms with Gasteiger partial charge in [-0.05, 0) is 99.2 Å². The summed E-state index contributed by atoms with van der Waals surface area (Å²) < 4.78 is 18.6. The number of hydrogen-bond acceptors (Lipinski definition) is 4.